The van der Waals surface area contributed by atoms with Crippen LogP contribution in [0.25, 0.3) is 0 Å². The molecule has 0 heterocycles. The van der Waals surface area contributed by atoms with Gasteiger partial charge in [-0.05, 0) is 51.2 Å². The van der Waals surface area contributed by atoms with Crippen molar-refractivity contribution in [3.05, 3.63) is 12.7 Å². The molecule has 6 nitrogen and oxygen atoms in total. The van der Waals surface area contributed by atoms with Crippen LogP contribution in [0.1, 0.15) is 54.9 Å². The van der Waals surface area contributed by atoms with E-state index < -0.39 is 37.8 Å². The average Bonchev–Trinajstić information content (AvgIpc) is 2.51. The second-order valence-electron chi connectivity index (χ2n) is 10.7. The first-order chi connectivity index (χ1) is 12.5. The molecular weight excluding hydrogens is 374 g/mol. The van der Waals surface area contributed by atoms with Crippen molar-refractivity contribution in [1.82, 2.24) is 5.32 Å². The first-order valence-electron chi connectivity index (χ1n) is 10.1. The van der Waals surface area contributed by atoms with Crippen LogP contribution in [0.3, 0.4) is 0 Å². The van der Waals surface area contributed by atoms with E-state index in [1.165, 1.54) is 0 Å². The van der Waals surface area contributed by atoms with Gasteiger partial charge in [0.1, 0.15) is 11.7 Å². The number of hydrogen-bond donors (Lipinski definition) is 3. The number of nitrogens with one attached hydrogen (secondary N) is 1. The van der Waals surface area contributed by atoms with Crippen molar-refractivity contribution in [3.8, 4) is 0 Å². The number of carbonyl (C=O) groups excluding carboxylic acids is 1. The van der Waals surface area contributed by atoms with Crippen molar-refractivity contribution in [2.24, 2.45) is 11.8 Å². The van der Waals surface area contributed by atoms with E-state index in [0.717, 1.165) is 0 Å². The number of carbonyl (C=O) groups is 1. The zero-order valence-electron chi connectivity index (χ0n) is 19.1. The van der Waals surface area contributed by atoms with Gasteiger partial charge in [-0.25, -0.2) is 4.79 Å². The smallest absolute Gasteiger partial charge is 0.408 e. The summed E-state index contributed by atoms with van der Waals surface area (Å²) in [5.74, 6) is -0.391. The topological polar surface area (TPSA) is 88.0 Å². The number of amides is 1. The molecule has 7 heteroatoms. The molecule has 1 fully saturated rings. The second-order valence-corrected chi connectivity index (χ2v) is 15.5. The van der Waals surface area contributed by atoms with Crippen molar-refractivity contribution in [2.75, 3.05) is 6.61 Å². The normalized spacial score (nSPS) is 32.0. The Labute approximate surface area is 171 Å². The van der Waals surface area contributed by atoms with Gasteiger partial charge in [-0.1, -0.05) is 33.8 Å². The van der Waals surface area contributed by atoms with Crippen LogP contribution >= 0.6 is 0 Å². The monoisotopic (exact) mass is 415 g/mol. The SMILES string of the molecule is C=C[C@H]1C[C@@H](C)[C@@H](O)[C@@H](O)[C@]1(CO[Si](C)(C)C(C)(C)C)NC(=O)OC(C)(C)C. The molecule has 5 atom stereocenters. The zero-order valence-corrected chi connectivity index (χ0v) is 20.1. The van der Waals surface area contributed by atoms with Crippen molar-refractivity contribution in [1.29, 1.82) is 0 Å². The van der Waals surface area contributed by atoms with E-state index in [0.29, 0.717) is 6.42 Å². The molecule has 0 radical (unpaired) electrons. The molecule has 0 aliphatic heterocycles. The highest BCUT2D eigenvalue weighted by atomic mass is 28.4. The molecule has 1 saturated carbocycles. The van der Waals surface area contributed by atoms with Crippen LogP contribution in [-0.2, 0) is 9.16 Å². The van der Waals surface area contributed by atoms with Gasteiger partial charge in [0.05, 0.1) is 18.2 Å². The molecule has 0 unspecified atom stereocenters. The molecule has 3 N–H and O–H groups in total. The van der Waals surface area contributed by atoms with Crippen LogP contribution in [0.15, 0.2) is 12.7 Å². The van der Waals surface area contributed by atoms with Crippen molar-refractivity contribution in [3.63, 3.8) is 0 Å². The maximum Gasteiger partial charge on any atom is 0.408 e. The van der Waals surface area contributed by atoms with Gasteiger partial charge >= 0.3 is 6.09 Å². The minimum atomic E-state index is -2.16. The van der Waals surface area contributed by atoms with Gasteiger partial charge in [-0.3, -0.25) is 0 Å². The van der Waals surface area contributed by atoms with Crippen molar-refractivity contribution in [2.45, 2.75) is 96.4 Å². The Hall–Kier alpha value is -0.893. The Morgan fingerprint density at radius 2 is 1.79 bits per heavy atom. The average molecular weight is 416 g/mol. The summed E-state index contributed by atoms with van der Waals surface area (Å²) in [6.45, 7) is 21.9. The zero-order chi connectivity index (χ0) is 22.1. The summed E-state index contributed by atoms with van der Waals surface area (Å²) in [6, 6.07) is 0. The fourth-order valence-corrected chi connectivity index (χ4v) is 4.33. The van der Waals surface area contributed by atoms with Crippen molar-refractivity contribution < 1.29 is 24.2 Å². The molecule has 28 heavy (non-hydrogen) atoms. The summed E-state index contributed by atoms with van der Waals surface area (Å²) in [5, 5.41) is 24.5. The lowest BCUT2D eigenvalue weighted by molar-refractivity contribution is -0.122. The molecule has 1 aliphatic rings. The van der Waals surface area contributed by atoms with Gasteiger partial charge in [0.15, 0.2) is 8.32 Å². The predicted molar refractivity (Wildman–Crippen MR) is 115 cm³/mol. The second kappa shape index (κ2) is 8.46. The molecule has 0 aromatic rings. The molecule has 1 rings (SSSR count). The van der Waals surface area contributed by atoms with Gasteiger partial charge in [-0.2, -0.15) is 0 Å². The van der Waals surface area contributed by atoms with Gasteiger partial charge < -0.3 is 24.7 Å². The molecule has 0 spiro atoms. The minimum absolute atomic E-state index is 0.0324. The Morgan fingerprint density at radius 1 is 1.25 bits per heavy atom. The molecule has 1 amide bonds. The van der Waals surface area contributed by atoms with E-state index in [9.17, 15) is 15.0 Å². The van der Waals surface area contributed by atoms with E-state index in [1.807, 2.05) is 6.92 Å². The first kappa shape index (κ1) is 25.1. The van der Waals surface area contributed by atoms with Crippen LogP contribution in [0.5, 0.6) is 0 Å². The van der Waals surface area contributed by atoms with Crippen LogP contribution in [0.2, 0.25) is 18.1 Å². The Kier molecular flexibility index (Phi) is 7.60. The molecule has 164 valence electrons. The number of alkyl carbamates (subject to hydrolysis) is 1. The summed E-state index contributed by atoms with van der Waals surface area (Å²) >= 11 is 0. The molecular formula is C21H41NO5Si. The summed E-state index contributed by atoms with van der Waals surface area (Å²) in [6.07, 6.45) is -0.499. The van der Waals surface area contributed by atoms with Crippen LogP contribution in [-0.4, -0.2) is 54.6 Å². The van der Waals surface area contributed by atoms with E-state index in [4.69, 9.17) is 9.16 Å². The lowest BCUT2D eigenvalue weighted by atomic mass is 9.66. The van der Waals surface area contributed by atoms with E-state index >= 15 is 0 Å². The third kappa shape index (κ3) is 5.59. The third-order valence-electron chi connectivity index (χ3n) is 6.22. The molecule has 0 saturated heterocycles. The van der Waals surface area contributed by atoms with Gasteiger partial charge in [0, 0.05) is 5.92 Å². The molecule has 0 bridgehead atoms. The van der Waals surface area contributed by atoms with Gasteiger partial charge in [-0.15, -0.1) is 6.58 Å². The Bertz CT molecular complexity index is 566. The summed E-state index contributed by atoms with van der Waals surface area (Å²) < 4.78 is 11.9. The number of aliphatic hydroxyl groups excluding tert-OH is 2. The number of ether oxygens (including phenoxy) is 1. The predicted octanol–water partition coefficient (Wildman–Crippen LogP) is 3.84. The quantitative estimate of drug-likeness (QED) is 0.469. The molecule has 0 aromatic carbocycles. The molecule has 1 aliphatic carbocycles. The highest BCUT2D eigenvalue weighted by molar-refractivity contribution is 6.74. The fourth-order valence-electron chi connectivity index (χ4n) is 3.30. The maximum absolute atomic E-state index is 12.6. The van der Waals surface area contributed by atoms with Crippen LogP contribution < -0.4 is 5.32 Å². The summed E-state index contributed by atoms with van der Waals surface area (Å²) in [5.41, 5.74) is -1.88. The summed E-state index contributed by atoms with van der Waals surface area (Å²) in [4.78, 5) is 12.6. The highest BCUT2D eigenvalue weighted by Crippen LogP contribution is 2.42. The fraction of sp³-hybridized carbons (Fsp3) is 0.857. The number of rotatable bonds is 5. The third-order valence-corrected chi connectivity index (χ3v) is 10.7. The Balaban J connectivity index is 3.29. The minimum Gasteiger partial charge on any atom is -0.444 e. The van der Waals surface area contributed by atoms with Crippen LogP contribution in [0.4, 0.5) is 4.79 Å². The number of aliphatic hydroxyl groups is 2. The Morgan fingerprint density at radius 3 is 2.21 bits per heavy atom. The van der Waals surface area contributed by atoms with E-state index in [2.05, 4.69) is 45.8 Å². The standard InChI is InChI=1S/C21H41NO5Si/c1-11-15-12-14(2)16(23)17(24)21(15,22-18(25)27-19(3,4)5)13-26-28(9,10)20(6,7)8/h11,14-17,23-24H,1,12-13H2,2-10H3,(H,22,25)/t14-,15+,16-,17-,21-/m1/s1. The lowest BCUT2D eigenvalue weighted by Gasteiger charge is -2.52. The largest absolute Gasteiger partial charge is 0.444 e. The van der Waals surface area contributed by atoms with Crippen molar-refractivity contribution >= 4 is 14.4 Å². The van der Waals surface area contributed by atoms with Gasteiger partial charge in [0.2, 0.25) is 0 Å². The maximum atomic E-state index is 12.6. The van der Waals surface area contributed by atoms with Gasteiger partial charge in [0.25, 0.3) is 0 Å². The number of hydrogen-bond acceptors (Lipinski definition) is 5. The molecule has 0 aromatic heterocycles. The van der Waals surface area contributed by atoms with Crippen LogP contribution in [0, 0.1) is 11.8 Å². The van der Waals surface area contributed by atoms with E-state index in [-0.39, 0.29) is 23.5 Å². The lowest BCUT2D eigenvalue weighted by Crippen LogP contribution is -2.71. The summed E-state index contributed by atoms with van der Waals surface area (Å²) in [7, 11) is -2.16. The highest BCUT2D eigenvalue weighted by Gasteiger charge is 2.55. The first-order valence-corrected chi connectivity index (χ1v) is 13.0. The van der Waals surface area contributed by atoms with E-state index in [1.54, 1.807) is 26.8 Å².